The van der Waals surface area contributed by atoms with E-state index in [4.69, 9.17) is 4.74 Å². The highest BCUT2D eigenvalue weighted by Gasteiger charge is 2.09. The van der Waals surface area contributed by atoms with Crippen LogP contribution in [-0.2, 0) is 11.2 Å². The number of nitrogens with one attached hydrogen (secondary N) is 1. The number of rotatable bonds is 7. The summed E-state index contributed by atoms with van der Waals surface area (Å²) < 4.78 is 30.9. The van der Waals surface area contributed by atoms with Gasteiger partial charge in [0.1, 0.15) is 10.0 Å². The fourth-order valence-corrected chi connectivity index (χ4v) is 2.43. The van der Waals surface area contributed by atoms with Gasteiger partial charge in [-0.2, -0.15) is 0 Å². The lowest BCUT2D eigenvalue weighted by Gasteiger charge is -2.00. The Labute approximate surface area is 119 Å². The molecule has 0 saturated heterocycles. The first-order valence-electron chi connectivity index (χ1n) is 6.18. The van der Waals surface area contributed by atoms with Gasteiger partial charge >= 0.3 is 0 Å². The van der Waals surface area contributed by atoms with Crippen molar-refractivity contribution < 1.29 is 13.5 Å². The zero-order valence-corrected chi connectivity index (χ0v) is 11.8. The molecule has 4 nitrogen and oxygen atoms in total. The maximum atomic E-state index is 13.2. The average Bonchev–Trinajstić information content (AvgIpc) is 2.90. The van der Waals surface area contributed by atoms with Gasteiger partial charge in [0, 0.05) is 32.2 Å². The number of nitrogens with zero attached hydrogens (tertiary/aromatic N) is 2. The number of hydrogen-bond acceptors (Lipinski definition) is 5. The molecule has 0 unspecified atom stereocenters. The maximum absolute atomic E-state index is 13.2. The highest BCUT2D eigenvalue weighted by atomic mass is 32.1. The highest BCUT2D eigenvalue weighted by molar-refractivity contribution is 7.14. The van der Waals surface area contributed by atoms with E-state index in [1.807, 2.05) is 0 Å². The summed E-state index contributed by atoms with van der Waals surface area (Å²) in [6, 6.07) is 3.73. The molecule has 0 aliphatic heterocycles. The lowest BCUT2D eigenvalue weighted by atomic mass is 10.2. The highest BCUT2D eigenvalue weighted by Crippen LogP contribution is 2.25. The molecule has 0 spiro atoms. The Morgan fingerprint density at radius 3 is 2.80 bits per heavy atom. The van der Waals surface area contributed by atoms with E-state index >= 15 is 0 Å². The van der Waals surface area contributed by atoms with Crippen molar-refractivity contribution in [3.63, 3.8) is 0 Å². The first-order valence-corrected chi connectivity index (χ1v) is 7.00. The van der Waals surface area contributed by atoms with Gasteiger partial charge in [0.25, 0.3) is 0 Å². The molecule has 108 valence electrons. The Morgan fingerprint density at radius 2 is 2.05 bits per heavy atom. The fraction of sp³-hybridized carbons (Fsp3) is 0.385. The fourth-order valence-electron chi connectivity index (χ4n) is 1.60. The summed E-state index contributed by atoms with van der Waals surface area (Å²) >= 11 is 1.38. The number of ether oxygens (including phenoxy) is 1. The van der Waals surface area contributed by atoms with Crippen molar-refractivity contribution in [2.45, 2.75) is 6.42 Å². The lowest BCUT2D eigenvalue weighted by Crippen LogP contribution is -2.21. The predicted molar refractivity (Wildman–Crippen MR) is 73.7 cm³/mol. The minimum Gasteiger partial charge on any atom is -0.383 e. The largest absolute Gasteiger partial charge is 0.383 e. The summed E-state index contributed by atoms with van der Waals surface area (Å²) in [5.41, 5.74) is 0.542. The second-order valence-corrected chi connectivity index (χ2v) is 5.18. The number of hydrogen-bond donors (Lipinski definition) is 1. The van der Waals surface area contributed by atoms with Crippen LogP contribution >= 0.6 is 11.3 Å². The van der Waals surface area contributed by atoms with Crippen molar-refractivity contribution >= 4 is 11.3 Å². The molecule has 0 amide bonds. The van der Waals surface area contributed by atoms with Crippen molar-refractivity contribution in [1.29, 1.82) is 0 Å². The second-order valence-electron chi connectivity index (χ2n) is 4.12. The SMILES string of the molecule is COCCNCCc1nnc(-c2ccc(F)c(F)c2)s1. The molecule has 2 rings (SSSR count). The monoisotopic (exact) mass is 299 g/mol. The van der Waals surface area contributed by atoms with E-state index in [1.54, 1.807) is 7.11 Å². The molecule has 0 aliphatic carbocycles. The molecule has 1 heterocycles. The molecule has 1 aromatic heterocycles. The number of halogens is 2. The molecule has 1 N–H and O–H groups in total. The van der Waals surface area contributed by atoms with Crippen LogP contribution in [0.4, 0.5) is 8.78 Å². The lowest BCUT2D eigenvalue weighted by molar-refractivity contribution is 0.199. The molecule has 7 heteroatoms. The van der Waals surface area contributed by atoms with Gasteiger partial charge < -0.3 is 10.1 Å². The van der Waals surface area contributed by atoms with Crippen molar-refractivity contribution in [3.8, 4) is 10.6 Å². The maximum Gasteiger partial charge on any atom is 0.159 e. The summed E-state index contributed by atoms with van der Waals surface area (Å²) in [7, 11) is 1.65. The Morgan fingerprint density at radius 1 is 1.20 bits per heavy atom. The van der Waals surface area contributed by atoms with Crippen LogP contribution in [0.15, 0.2) is 18.2 Å². The minimum atomic E-state index is -0.875. The predicted octanol–water partition coefficient (Wildman–Crippen LogP) is 2.26. The Balaban J connectivity index is 1.93. The normalized spacial score (nSPS) is 10.9. The molecule has 1 aromatic carbocycles. The zero-order chi connectivity index (χ0) is 14.4. The van der Waals surface area contributed by atoms with E-state index in [0.29, 0.717) is 17.2 Å². The van der Waals surface area contributed by atoms with E-state index in [9.17, 15) is 8.78 Å². The van der Waals surface area contributed by atoms with Gasteiger partial charge in [-0.1, -0.05) is 11.3 Å². The minimum absolute atomic E-state index is 0.542. The van der Waals surface area contributed by atoms with E-state index in [0.717, 1.165) is 36.7 Å². The third kappa shape index (κ3) is 4.03. The summed E-state index contributed by atoms with van der Waals surface area (Å²) in [6.07, 6.45) is 0.741. The van der Waals surface area contributed by atoms with E-state index in [-0.39, 0.29) is 0 Å². The van der Waals surface area contributed by atoms with Gasteiger partial charge in [-0.3, -0.25) is 0 Å². The molecule has 0 bridgehead atoms. The van der Waals surface area contributed by atoms with Crippen LogP contribution in [0.2, 0.25) is 0 Å². The Bertz CT molecular complexity index is 562. The summed E-state index contributed by atoms with van der Waals surface area (Å²) in [5.74, 6) is -1.73. The first-order chi connectivity index (χ1) is 9.70. The van der Waals surface area contributed by atoms with Crippen LogP contribution < -0.4 is 5.32 Å². The molecule has 0 aliphatic rings. The van der Waals surface area contributed by atoms with Crippen LogP contribution in [0.3, 0.4) is 0 Å². The molecular formula is C13H15F2N3OS. The topological polar surface area (TPSA) is 47.0 Å². The second kappa shape index (κ2) is 7.37. The van der Waals surface area contributed by atoms with Gasteiger partial charge in [0.05, 0.1) is 6.61 Å². The zero-order valence-electron chi connectivity index (χ0n) is 11.0. The van der Waals surface area contributed by atoms with Crippen LogP contribution in [0.1, 0.15) is 5.01 Å². The summed E-state index contributed by atoms with van der Waals surface area (Å²) in [4.78, 5) is 0. The van der Waals surface area contributed by atoms with Crippen LogP contribution in [0.5, 0.6) is 0 Å². The number of benzene rings is 1. The molecule has 0 radical (unpaired) electrons. The number of methoxy groups -OCH3 is 1. The summed E-state index contributed by atoms with van der Waals surface area (Å²) in [6.45, 7) is 2.22. The van der Waals surface area contributed by atoms with E-state index in [1.165, 1.54) is 17.4 Å². The summed E-state index contributed by atoms with van der Waals surface area (Å²) in [5, 5.41) is 12.7. The average molecular weight is 299 g/mol. The van der Waals surface area contributed by atoms with Gasteiger partial charge in [-0.05, 0) is 18.2 Å². The van der Waals surface area contributed by atoms with E-state index < -0.39 is 11.6 Å². The van der Waals surface area contributed by atoms with Crippen molar-refractivity contribution in [2.75, 3.05) is 26.8 Å². The van der Waals surface area contributed by atoms with Crippen molar-refractivity contribution in [2.24, 2.45) is 0 Å². The first kappa shape index (κ1) is 15.0. The van der Waals surface area contributed by atoms with E-state index in [2.05, 4.69) is 15.5 Å². The molecule has 2 aromatic rings. The number of aromatic nitrogens is 2. The molecule has 0 saturated carbocycles. The van der Waals surface area contributed by atoms with Crippen molar-refractivity contribution in [3.05, 3.63) is 34.8 Å². The van der Waals surface area contributed by atoms with Gasteiger partial charge in [0.2, 0.25) is 0 Å². The smallest absolute Gasteiger partial charge is 0.159 e. The van der Waals surface area contributed by atoms with Crippen LogP contribution in [-0.4, -0.2) is 37.0 Å². The third-order valence-corrected chi connectivity index (χ3v) is 3.66. The molecular weight excluding hydrogens is 284 g/mol. The van der Waals surface area contributed by atoms with Crippen LogP contribution in [0, 0.1) is 11.6 Å². The molecule has 0 atom stereocenters. The van der Waals surface area contributed by atoms with Gasteiger partial charge in [-0.25, -0.2) is 8.78 Å². The standard InChI is InChI=1S/C13H15F2N3OS/c1-19-7-6-16-5-4-12-17-18-13(20-12)9-2-3-10(14)11(15)8-9/h2-3,8,16H,4-7H2,1H3. The Kier molecular flexibility index (Phi) is 5.51. The molecule has 20 heavy (non-hydrogen) atoms. The van der Waals surface area contributed by atoms with Gasteiger partial charge in [-0.15, -0.1) is 10.2 Å². The quantitative estimate of drug-likeness (QED) is 0.797. The van der Waals surface area contributed by atoms with Crippen LogP contribution in [0.25, 0.3) is 10.6 Å². The Hall–Kier alpha value is -1.44. The van der Waals surface area contributed by atoms with Crippen molar-refractivity contribution in [1.82, 2.24) is 15.5 Å². The molecule has 0 fully saturated rings. The third-order valence-electron chi connectivity index (χ3n) is 2.63. The van der Waals surface area contributed by atoms with Gasteiger partial charge in [0.15, 0.2) is 11.6 Å².